The highest BCUT2D eigenvalue weighted by Crippen LogP contribution is 2.24. The first-order valence-electron chi connectivity index (χ1n) is 6.21. The lowest BCUT2D eigenvalue weighted by molar-refractivity contribution is 1.29. The predicted molar refractivity (Wildman–Crippen MR) is 78.8 cm³/mol. The Morgan fingerprint density at radius 2 is 1.89 bits per heavy atom. The van der Waals surface area contributed by atoms with E-state index in [4.69, 9.17) is 5.84 Å². The third-order valence-electron chi connectivity index (χ3n) is 3.43. The van der Waals surface area contributed by atoms with Crippen molar-refractivity contribution in [2.45, 2.75) is 13.8 Å². The fraction of sp³-hybridized carbons (Fsp3) is 0.133. The van der Waals surface area contributed by atoms with E-state index < -0.39 is 0 Å². The molecule has 4 nitrogen and oxygen atoms in total. The van der Waals surface area contributed by atoms with Crippen LogP contribution < -0.4 is 11.3 Å². The van der Waals surface area contributed by atoms with Crippen LogP contribution in [0.3, 0.4) is 0 Å². The Balaban J connectivity index is 2.11. The predicted octanol–water partition coefficient (Wildman–Crippen LogP) is 3.13. The van der Waals surface area contributed by atoms with E-state index in [0.717, 1.165) is 28.1 Å². The zero-order valence-corrected chi connectivity index (χ0v) is 11.0. The molecule has 0 radical (unpaired) electrons. The molecule has 3 rings (SSSR count). The van der Waals surface area contributed by atoms with Crippen molar-refractivity contribution in [1.82, 2.24) is 9.97 Å². The van der Waals surface area contributed by atoms with E-state index in [1.165, 1.54) is 11.1 Å². The number of benzene rings is 2. The van der Waals surface area contributed by atoms with Crippen LogP contribution in [-0.2, 0) is 0 Å². The molecule has 4 N–H and O–H groups in total. The van der Waals surface area contributed by atoms with Crippen molar-refractivity contribution in [3.8, 4) is 11.4 Å². The molecule has 4 heteroatoms. The van der Waals surface area contributed by atoms with E-state index in [2.05, 4.69) is 47.4 Å². The number of imidazole rings is 1. The minimum atomic E-state index is 0.864. The van der Waals surface area contributed by atoms with Gasteiger partial charge in [0.1, 0.15) is 5.82 Å². The number of nitrogens with two attached hydrogens (primary N) is 1. The fourth-order valence-electron chi connectivity index (χ4n) is 2.12. The zero-order chi connectivity index (χ0) is 13.4. The van der Waals surface area contributed by atoms with Crippen LogP contribution in [0.15, 0.2) is 36.4 Å². The number of anilines is 1. The van der Waals surface area contributed by atoms with E-state index in [0.29, 0.717) is 0 Å². The summed E-state index contributed by atoms with van der Waals surface area (Å²) in [5.41, 5.74) is 9.06. The minimum absolute atomic E-state index is 0.864. The second-order valence-corrected chi connectivity index (χ2v) is 4.76. The summed E-state index contributed by atoms with van der Waals surface area (Å²) in [5.74, 6) is 6.29. The third-order valence-corrected chi connectivity index (χ3v) is 3.43. The molecule has 0 atom stereocenters. The molecule has 1 aromatic heterocycles. The molecule has 0 fully saturated rings. The quantitative estimate of drug-likeness (QED) is 0.485. The fourth-order valence-corrected chi connectivity index (χ4v) is 2.12. The van der Waals surface area contributed by atoms with Gasteiger partial charge in [-0.2, -0.15) is 0 Å². The molecule has 0 aliphatic heterocycles. The lowest BCUT2D eigenvalue weighted by Gasteiger charge is -2.02. The SMILES string of the molecule is Cc1ccc(-c2nc3ccc(NN)cc3[nH]2)cc1C. The van der Waals surface area contributed by atoms with E-state index in [1.807, 2.05) is 18.2 Å². The van der Waals surface area contributed by atoms with Gasteiger partial charge in [0, 0.05) is 5.56 Å². The normalized spacial score (nSPS) is 10.9. The van der Waals surface area contributed by atoms with Crippen molar-refractivity contribution in [2.75, 3.05) is 5.43 Å². The Labute approximate surface area is 111 Å². The topological polar surface area (TPSA) is 66.7 Å². The monoisotopic (exact) mass is 252 g/mol. The molecule has 0 spiro atoms. The van der Waals surface area contributed by atoms with Gasteiger partial charge in [-0.25, -0.2) is 4.98 Å². The van der Waals surface area contributed by atoms with Crippen molar-refractivity contribution in [1.29, 1.82) is 0 Å². The van der Waals surface area contributed by atoms with Gasteiger partial charge in [-0.3, -0.25) is 5.84 Å². The third kappa shape index (κ3) is 2.06. The van der Waals surface area contributed by atoms with Crippen LogP contribution in [0.4, 0.5) is 5.69 Å². The van der Waals surface area contributed by atoms with Crippen molar-refractivity contribution in [3.05, 3.63) is 47.5 Å². The van der Waals surface area contributed by atoms with Crippen molar-refractivity contribution in [3.63, 3.8) is 0 Å². The molecule has 0 saturated carbocycles. The summed E-state index contributed by atoms with van der Waals surface area (Å²) in [4.78, 5) is 7.93. The highest BCUT2D eigenvalue weighted by Gasteiger charge is 2.06. The Bertz CT molecular complexity index is 743. The van der Waals surface area contributed by atoms with Gasteiger partial charge in [0.05, 0.1) is 16.7 Å². The highest BCUT2D eigenvalue weighted by atomic mass is 15.2. The average molecular weight is 252 g/mol. The van der Waals surface area contributed by atoms with Crippen LogP contribution in [0, 0.1) is 13.8 Å². The molecule has 0 aliphatic rings. The maximum Gasteiger partial charge on any atom is 0.138 e. The van der Waals surface area contributed by atoms with E-state index in [1.54, 1.807) is 0 Å². The van der Waals surface area contributed by atoms with Gasteiger partial charge in [0.25, 0.3) is 0 Å². The number of hydrogen-bond donors (Lipinski definition) is 3. The summed E-state index contributed by atoms with van der Waals surface area (Å²) in [6.07, 6.45) is 0. The number of nitrogen functional groups attached to an aromatic ring is 1. The smallest absolute Gasteiger partial charge is 0.138 e. The number of hydrazine groups is 1. The first kappa shape index (κ1) is 11.7. The maximum atomic E-state index is 5.41. The number of nitrogens with one attached hydrogen (secondary N) is 2. The van der Waals surface area contributed by atoms with Gasteiger partial charge in [-0.15, -0.1) is 0 Å². The number of fused-ring (bicyclic) bond motifs is 1. The number of hydrogen-bond acceptors (Lipinski definition) is 3. The second kappa shape index (κ2) is 4.40. The standard InChI is InChI=1S/C15H16N4/c1-9-3-4-11(7-10(9)2)15-17-13-6-5-12(19-16)8-14(13)18-15/h3-8,19H,16H2,1-2H3,(H,17,18). The summed E-state index contributed by atoms with van der Waals surface area (Å²) in [6.45, 7) is 4.22. The molecular formula is C15H16N4. The molecule has 2 aromatic carbocycles. The Hall–Kier alpha value is -2.33. The lowest BCUT2D eigenvalue weighted by atomic mass is 10.1. The number of aryl methyl sites for hydroxylation is 2. The van der Waals surface area contributed by atoms with Crippen LogP contribution in [0.5, 0.6) is 0 Å². The van der Waals surface area contributed by atoms with Gasteiger partial charge in [0.15, 0.2) is 0 Å². The molecule has 0 unspecified atom stereocenters. The summed E-state index contributed by atoms with van der Waals surface area (Å²) < 4.78 is 0. The maximum absolute atomic E-state index is 5.41. The van der Waals surface area contributed by atoms with Crippen LogP contribution in [0.25, 0.3) is 22.4 Å². The first-order valence-corrected chi connectivity index (χ1v) is 6.21. The second-order valence-electron chi connectivity index (χ2n) is 4.76. The number of aromatic nitrogens is 2. The largest absolute Gasteiger partial charge is 0.338 e. The summed E-state index contributed by atoms with van der Waals surface area (Å²) in [7, 11) is 0. The molecule has 3 aromatic rings. The van der Waals surface area contributed by atoms with Crippen LogP contribution in [0.2, 0.25) is 0 Å². The molecule has 0 bridgehead atoms. The van der Waals surface area contributed by atoms with E-state index in [9.17, 15) is 0 Å². The number of H-pyrrole nitrogens is 1. The Morgan fingerprint density at radius 3 is 2.63 bits per heavy atom. The van der Waals surface area contributed by atoms with Crippen LogP contribution in [0.1, 0.15) is 11.1 Å². The molecule has 1 heterocycles. The zero-order valence-electron chi connectivity index (χ0n) is 11.0. The van der Waals surface area contributed by atoms with Crippen molar-refractivity contribution >= 4 is 16.7 Å². The Kier molecular flexibility index (Phi) is 2.72. The number of nitrogens with zero attached hydrogens (tertiary/aromatic N) is 1. The molecule has 0 amide bonds. The number of aromatic amines is 1. The lowest BCUT2D eigenvalue weighted by Crippen LogP contribution is -2.05. The summed E-state index contributed by atoms with van der Waals surface area (Å²) in [5, 5.41) is 0. The average Bonchev–Trinajstić information content (AvgIpc) is 2.84. The van der Waals surface area contributed by atoms with Gasteiger partial charge in [-0.05, 0) is 49.2 Å². The van der Waals surface area contributed by atoms with E-state index >= 15 is 0 Å². The van der Waals surface area contributed by atoms with Gasteiger partial charge in [-0.1, -0.05) is 12.1 Å². The van der Waals surface area contributed by atoms with Gasteiger partial charge in [0.2, 0.25) is 0 Å². The van der Waals surface area contributed by atoms with Crippen molar-refractivity contribution in [2.24, 2.45) is 5.84 Å². The number of rotatable bonds is 2. The van der Waals surface area contributed by atoms with E-state index in [-0.39, 0.29) is 0 Å². The molecular weight excluding hydrogens is 236 g/mol. The summed E-state index contributed by atoms with van der Waals surface area (Å²) in [6, 6.07) is 12.2. The highest BCUT2D eigenvalue weighted by molar-refractivity contribution is 5.82. The first-order chi connectivity index (χ1) is 9.17. The van der Waals surface area contributed by atoms with Crippen molar-refractivity contribution < 1.29 is 0 Å². The van der Waals surface area contributed by atoms with Gasteiger partial charge >= 0.3 is 0 Å². The van der Waals surface area contributed by atoms with Crippen LogP contribution in [-0.4, -0.2) is 9.97 Å². The molecule has 0 aliphatic carbocycles. The molecule has 19 heavy (non-hydrogen) atoms. The minimum Gasteiger partial charge on any atom is -0.338 e. The Morgan fingerprint density at radius 1 is 1.05 bits per heavy atom. The molecule has 96 valence electrons. The summed E-state index contributed by atoms with van der Waals surface area (Å²) >= 11 is 0. The van der Waals surface area contributed by atoms with Crippen LogP contribution >= 0.6 is 0 Å². The van der Waals surface area contributed by atoms with Gasteiger partial charge < -0.3 is 10.4 Å². The molecule has 0 saturated heterocycles.